The van der Waals surface area contributed by atoms with Gasteiger partial charge in [0.15, 0.2) is 0 Å². The van der Waals surface area contributed by atoms with Crippen molar-refractivity contribution in [2.75, 3.05) is 13.1 Å². The molecule has 3 unspecified atom stereocenters. The number of likely N-dealkylation sites (tertiary alicyclic amines) is 1. The van der Waals surface area contributed by atoms with Gasteiger partial charge in [0.25, 0.3) is 0 Å². The Morgan fingerprint density at radius 3 is 2.40 bits per heavy atom. The predicted molar refractivity (Wildman–Crippen MR) is 110 cm³/mol. The van der Waals surface area contributed by atoms with Gasteiger partial charge in [0.2, 0.25) is 5.91 Å². The van der Waals surface area contributed by atoms with Crippen LogP contribution < -0.4 is 11.1 Å². The average Bonchev–Trinajstić information content (AvgIpc) is 3.23. The summed E-state index contributed by atoms with van der Waals surface area (Å²) in [5.41, 5.74) is 6.43. The van der Waals surface area contributed by atoms with Crippen LogP contribution in [0.15, 0.2) is 30.3 Å². The first-order valence-corrected chi connectivity index (χ1v) is 10.3. The van der Waals surface area contributed by atoms with Crippen LogP contribution in [0.2, 0.25) is 0 Å². The Balaban J connectivity index is 2.11. The standard InChI is InChI=1S/C21H31N3O6/c22-13-15(25)9-11-16(19(26)24-12-4-7-18(24)21(29)30)23-17(20(27)28)10-8-14-5-2-1-3-6-14/h1-3,5-6,15-18,23,25H,4,7-13,22H2,(H,27,28)(H,29,30)/t15?,16?,17?,18-/m0/s1. The van der Waals surface area contributed by atoms with E-state index in [1.807, 2.05) is 30.3 Å². The van der Waals surface area contributed by atoms with E-state index in [2.05, 4.69) is 5.32 Å². The zero-order chi connectivity index (χ0) is 22.1. The minimum Gasteiger partial charge on any atom is -0.480 e. The van der Waals surface area contributed by atoms with E-state index in [0.29, 0.717) is 25.8 Å². The molecule has 1 aliphatic rings. The van der Waals surface area contributed by atoms with Crippen molar-refractivity contribution in [2.24, 2.45) is 5.73 Å². The van der Waals surface area contributed by atoms with Crippen molar-refractivity contribution in [3.8, 4) is 0 Å². The van der Waals surface area contributed by atoms with Gasteiger partial charge in [-0.05, 0) is 44.1 Å². The fraction of sp³-hybridized carbons (Fsp3) is 0.571. The highest BCUT2D eigenvalue weighted by atomic mass is 16.4. The van der Waals surface area contributed by atoms with E-state index in [-0.39, 0.29) is 25.8 Å². The number of benzene rings is 1. The number of amides is 1. The molecule has 166 valence electrons. The van der Waals surface area contributed by atoms with Gasteiger partial charge in [0, 0.05) is 13.1 Å². The van der Waals surface area contributed by atoms with Crippen molar-refractivity contribution >= 4 is 17.8 Å². The third-order valence-electron chi connectivity index (χ3n) is 5.44. The topological polar surface area (TPSA) is 153 Å². The quantitative estimate of drug-likeness (QED) is 0.321. The lowest BCUT2D eigenvalue weighted by Crippen LogP contribution is -2.54. The second-order valence-electron chi connectivity index (χ2n) is 7.63. The highest BCUT2D eigenvalue weighted by Gasteiger charge is 2.38. The van der Waals surface area contributed by atoms with Crippen LogP contribution in [0.3, 0.4) is 0 Å². The van der Waals surface area contributed by atoms with E-state index >= 15 is 0 Å². The Labute approximate surface area is 175 Å². The molecule has 2 rings (SSSR count). The number of rotatable bonds is 12. The number of aliphatic hydroxyl groups is 1. The van der Waals surface area contributed by atoms with Crippen molar-refractivity contribution in [2.45, 2.75) is 62.8 Å². The molecule has 9 nitrogen and oxygen atoms in total. The monoisotopic (exact) mass is 421 g/mol. The molecule has 1 heterocycles. The number of carboxylic acids is 2. The molecule has 0 aliphatic carbocycles. The zero-order valence-corrected chi connectivity index (χ0v) is 16.9. The van der Waals surface area contributed by atoms with Crippen molar-refractivity contribution < 1.29 is 29.7 Å². The fourth-order valence-electron chi connectivity index (χ4n) is 3.72. The van der Waals surface area contributed by atoms with Crippen LogP contribution in [0.4, 0.5) is 0 Å². The maximum atomic E-state index is 13.1. The predicted octanol–water partition coefficient (Wildman–Crippen LogP) is 0.206. The van der Waals surface area contributed by atoms with Gasteiger partial charge in [0.1, 0.15) is 12.1 Å². The van der Waals surface area contributed by atoms with E-state index in [1.54, 1.807) is 0 Å². The molecule has 0 radical (unpaired) electrons. The first-order valence-electron chi connectivity index (χ1n) is 10.3. The molecule has 6 N–H and O–H groups in total. The van der Waals surface area contributed by atoms with E-state index in [4.69, 9.17) is 5.73 Å². The maximum absolute atomic E-state index is 13.1. The molecule has 0 saturated carbocycles. The lowest BCUT2D eigenvalue weighted by Gasteiger charge is -2.29. The molecule has 1 amide bonds. The molecule has 1 aliphatic heterocycles. The van der Waals surface area contributed by atoms with E-state index in [9.17, 15) is 29.7 Å². The Morgan fingerprint density at radius 1 is 1.10 bits per heavy atom. The van der Waals surface area contributed by atoms with Gasteiger partial charge in [-0.2, -0.15) is 0 Å². The number of aryl methyl sites for hydroxylation is 1. The van der Waals surface area contributed by atoms with E-state index in [1.165, 1.54) is 4.90 Å². The van der Waals surface area contributed by atoms with E-state index in [0.717, 1.165) is 5.56 Å². The largest absolute Gasteiger partial charge is 0.480 e. The van der Waals surface area contributed by atoms with Crippen molar-refractivity contribution in [3.05, 3.63) is 35.9 Å². The summed E-state index contributed by atoms with van der Waals surface area (Å²) in [5, 5.41) is 31.8. The van der Waals surface area contributed by atoms with Gasteiger partial charge >= 0.3 is 11.9 Å². The summed E-state index contributed by atoms with van der Waals surface area (Å²) in [6, 6.07) is 6.62. The van der Waals surface area contributed by atoms with Crippen molar-refractivity contribution in [3.63, 3.8) is 0 Å². The minimum atomic E-state index is -1.08. The number of carboxylic acid groups (broad SMARTS) is 2. The number of aliphatic carboxylic acids is 2. The highest BCUT2D eigenvalue weighted by molar-refractivity contribution is 5.88. The number of nitrogens with two attached hydrogens (primary N) is 1. The van der Waals surface area contributed by atoms with Crippen LogP contribution in [-0.4, -0.2) is 75.4 Å². The molecule has 1 saturated heterocycles. The summed E-state index contributed by atoms with van der Waals surface area (Å²) < 4.78 is 0. The molecule has 0 spiro atoms. The number of hydrogen-bond donors (Lipinski definition) is 5. The number of aliphatic hydroxyl groups excluding tert-OH is 1. The molecule has 1 fully saturated rings. The second-order valence-corrected chi connectivity index (χ2v) is 7.63. The molecule has 4 atom stereocenters. The van der Waals surface area contributed by atoms with Crippen molar-refractivity contribution in [1.29, 1.82) is 0 Å². The Hall–Kier alpha value is -2.49. The van der Waals surface area contributed by atoms with Crippen LogP contribution in [0, 0.1) is 0 Å². The normalized spacial score (nSPS) is 19.3. The number of carbonyl (C=O) groups is 3. The Morgan fingerprint density at radius 2 is 1.80 bits per heavy atom. The number of carbonyl (C=O) groups excluding carboxylic acids is 1. The lowest BCUT2D eigenvalue weighted by atomic mass is 10.0. The van der Waals surface area contributed by atoms with Gasteiger partial charge in [-0.25, -0.2) is 4.79 Å². The molecule has 9 heteroatoms. The van der Waals surface area contributed by atoms with Crippen LogP contribution in [0.5, 0.6) is 0 Å². The Kier molecular flexibility index (Phi) is 9.22. The lowest BCUT2D eigenvalue weighted by molar-refractivity contribution is -0.150. The van der Waals surface area contributed by atoms with Crippen LogP contribution >= 0.6 is 0 Å². The summed E-state index contributed by atoms with van der Waals surface area (Å²) in [6.45, 7) is 0.341. The zero-order valence-electron chi connectivity index (χ0n) is 16.9. The summed E-state index contributed by atoms with van der Waals surface area (Å²) in [6.07, 6.45) is 1.28. The van der Waals surface area contributed by atoms with Crippen LogP contribution in [0.25, 0.3) is 0 Å². The third kappa shape index (κ3) is 6.79. The van der Waals surface area contributed by atoms with Gasteiger partial charge in [0.05, 0.1) is 12.1 Å². The molecule has 1 aromatic carbocycles. The van der Waals surface area contributed by atoms with E-state index < -0.39 is 42.1 Å². The number of nitrogens with zero attached hydrogens (tertiary/aromatic N) is 1. The molecule has 0 bridgehead atoms. The van der Waals surface area contributed by atoms with Gasteiger partial charge in [-0.15, -0.1) is 0 Å². The smallest absolute Gasteiger partial charge is 0.326 e. The third-order valence-corrected chi connectivity index (χ3v) is 5.44. The van der Waals surface area contributed by atoms with Crippen molar-refractivity contribution in [1.82, 2.24) is 10.2 Å². The summed E-state index contributed by atoms with van der Waals surface area (Å²) in [5.74, 6) is -2.60. The van der Waals surface area contributed by atoms with Gasteiger partial charge in [-0.3, -0.25) is 14.9 Å². The fourth-order valence-corrected chi connectivity index (χ4v) is 3.72. The first-order chi connectivity index (χ1) is 14.3. The van der Waals surface area contributed by atoms with Gasteiger partial charge < -0.3 is 26.0 Å². The van der Waals surface area contributed by atoms with Gasteiger partial charge in [-0.1, -0.05) is 30.3 Å². The molecule has 30 heavy (non-hydrogen) atoms. The Bertz CT molecular complexity index is 714. The number of nitrogens with one attached hydrogen (secondary N) is 1. The molecular weight excluding hydrogens is 390 g/mol. The number of hydrogen-bond acceptors (Lipinski definition) is 6. The summed E-state index contributed by atoms with van der Waals surface area (Å²) in [4.78, 5) is 37.7. The molecule has 1 aromatic rings. The first kappa shape index (κ1) is 23.8. The summed E-state index contributed by atoms with van der Waals surface area (Å²) >= 11 is 0. The SMILES string of the molecule is NCC(O)CCC(NC(CCc1ccccc1)C(=O)O)C(=O)N1CCC[C@H]1C(=O)O. The maximum Gasteiger partial charge on any atom is 0.326 e. The minimum absolute atomic E-state index is 0.0265. The molecular formula is C21H31N3O6. The average molecular weight is 421 g/mol. The molecule has 0 aromatic heterocycles. The van der Waals surface area contributed by atoms with Crippen LogP contribution in [0.1, 0.15) is 37.7 Å². The summed E-state index contributed by atoms with van der Waals surface area (Å²) in [7, 11) is 0. The van der Waals surface area contributed by atoms with Crippen LogP contribution in [-0.2, 0) is 20.8 Å². The second kappa shape index (κ2) is 11.6. The highest BCUT2D eigenvalue weighted by Crippen LogP contribution is 2.20.